The highest BCUT2D eigenvalue weighted by atomic mass is 16.5. The van der Waals surface area contributed by atoms with Crippen molar-refractivity contribution in [2.45, 2.75) is 6.54 Å². The molecule has 0 unspecified atom stereocenters. The summed E-state index contributed by atoms with van der Waals surface area (Å²) in [4.78, 5) is 18.1. The first-order valence-corrected chi connectivity index (χ1v) is 9.23. The van der Waals surface area contributed by atoms with Crippen molar-refractivity contribution in [2.75, 3.05) is 17.7 Å². The number of nitrogens with zero attached hydrogens (tertiary/aromatic N) is 4. The first-order valence-electron chi connectivity index (χ1n) is 9.23. The molecule has 1 aromatic carbocycles. The Kier molecular flexibility index (Phi) is 4.25. The monoisotopic (exact) mass is 382 g/mol. The zero-order valence-electron chi connectivity index (χ0n) is 15.8. The zero-order chi connectivity index (χ0) is 19.6. The molecular formula is C22H18N6O. The second-order valence-corrected chi connectivity index (χ2v) is 6.57. The van der Waals surface area contributed by atoms with Crippen molar-refractivity contribution in [1.82, 2.24) is 19.9 Å². The first-order chi connectivity index (χ1) is 14.3. The fourth-order valence-electron chi connectivity index (χ4n) is 3.45. The lowest BCUT2D eigenvalue weighted by Crippen LogP contribution is -2.06. The highest BCUT2D eigenvalue weighted by molar-refractivity contribution is 5.95. The molecule has 0 amide bonds. The van der Waals surface area contributed by atoms with Gasteiger partial charge in [-0.25, -0.2) is 15.0 Å². The number of para-hydroxylation sites is 1. The molecule has 7 heteroatoms. The van der Waals surface area contributed by atoms with Crippen molar-refractivity contribution in [1.29, 1.82) is 0 Å². The predicted molar refractivity (Wildman–Crippen MR) is 112 cm³/mol. The normalized spacial score (nSPS) is 11.3. The van der Waals surface area contributed by atoms with E-state index in [2.05, 4.69) is 25.6 Å². The Morgan fingerprint density at radius 1 is 0.931 bits per heavy atom. The van der Waals surface area contributed by atoms with Crippen LogP contribution in [0.5, 0.6) is 5.75 Å². The molecule has 0 saturated heterocycles. The van der Waals surface area contributed by atoms with Gasteiger partial charge in [0.25, 0.3) is 0 Å². The van der Waals surface area contributed by atoms with Gasteiger partial charge < -0.3 is 15.4 Å². The molecule has 142 valence electrons. The van der Waals surface area contributed by atoms with Crippen molar-refractivity contribution in [3.8, 4) is 28.1 Å². The van der Waals surface area contributed by atoms with E-state index in [4.69, 9.17) is 9.72 Å². The molecule has 0 radical (unpaired) electrons. The smallest absolute Gasteiger partial charge is 0.223 e. The second-order valence-electron chi connectivity index (χ2n) is 6.57. The SMILES string of the molecule is COc1ccccc1CNc1ncc2c(n1)-c1cccnc1Nc1cnccc1-2. The summed E-state index contributed by atoms with van der Waals surface area (Å²) in [6.07, 6.45) is 7.16. The summed E-state index contributed by atoms with van der Waals surface area (Å²) >= 11 is 0. The van der Waals surface area contributed by atoms with Crippen LogP contribution in [-0.4, -0.2) is 27.0 Å². The van der Waals surface area contributed by atoms with Crippen molar-refractivity contribution < 1.29 is 4.74 Å². The van der Waals surface area contributed by atoms with E-state index in [0.717, 1.165) is 45.2 Å². The first kappa shape index (κ1) is 17.1. The van der Waals surface area contributed by atoms with E-state index in [1.165, 1.54) is 0 Å². The minimum atomic E-state index is 0.543. The van der Waals surface area contributed by atoms with Crippen LogP contribution in [0.15, 0.2) is 67.3 Å². The molecule has 0 atom stereocenters. The van der Waals surface area contributed by atoms with Crippen LogP contribution in [0, 0.1) is 0 Å². The molecule has 4 heterocycles. The number of hydrogen-bond donors (Lipinski definition) is 2. The molecule has 0 bridgehead atoms. The Labute approximate surface area is 167 Å². The molecule has 0 aliphatic carbocycles. The molecule has 2 N–H and O–H groups in total. The zero-order valence-corrected chi connectivity index (χ0v) is 15.8. The Hall–Kier alpha value is -4.00. The van der Waals surface area contributed by atoms with Crippen LogP contribution >= 0.6 is 0 Å². The maximum absolute atomic E-state index is 5.42. The van der Waals surface area contributed by atoms with Crippen molar-refractivity contribution in [3.63, 3.8) is 0 Å². The summed E-state index contributed by atoms with van der Waals surface area (Å²) in [6.45, 7) is 0.557. The Bertz CT molecular complexity index is 1190. The number of nitrogens with one attached hydrogen (secondary N) is 2. The molecule has 29 heavy (non-hydrogen) atoms. The molecule has 7 nitrogen and oxygen atoms in total. The number of hydrogen-bond acceptors (Lipinski definition) is 7. The molecule has 0 spiro atoms. The van der Waals surface area contributed by atoms with E-state index in [-0.39, 0.29) is 0 Å². The number of methoxy groups -OCH3 is 1. The lowest BCUT2D eigenvalue weighted by Gasteiger charge is -2.12. The number of benzene rings is 1. The average Bonchev–Trinajstić information content (AvgIpc) is 2.92. The topological polar surface area (TPSA) is 84.8 Å². The molecule has 1 aliphatic rings. The summed E-state index contributed by atoms with van der Waals surface area (Å²) in [5.74, 6) is 2.12. The van der Waals surface area contributed by atoms with Gasteiger partial charge in [0.2, 0.25) is 5.95 Å². The van der Waals surface area contributed by atoms with Crippen molar-refractivity contribution in [3.05, 3.63) is 72.8 Å². The largest absolute Gasteiger partial charge is 0.496 e. The number of anilines is 3. The van der Waals surface area contributed by atoms with Gasteiger partial charge in [0.05, 0.1) is 24.7 Å². The highest BCUT2D eigenvalue weighted by Crippen LogP contribution is 2.41. The third-order valence-electron chi connectivity index (χ3n) is 4.85. The summed E-state index contributed by atoms with van der Waals surface area (Å²) in [7, 11) is 1.67. The lowest BCUT2D eigenvalue weighted by molar-refractivity contribution is 0.410. The molecule has 0 saturated carbocycles. The molecule has 4 aromatic rings. The van der Waals surface area contributed by atoms with E-state index in [1.54, 1.807) is 25.7 Å². The number of fused-ring (bicyclic) bond motifs is 5. The third-order valence-corrected chi connectivity index (χ3v) is 4.85. The van der Waals surface area contributed by atoms with E-state index in [1.807, 2.05) is 48.7 Å². The number of rotatable bonds is 4. The standard InChI is InChI=1S/C22H18N6O/c1-29-19-7-3-2-5-14(19)11-25-22-26-12-17-15-8-10-23-13-18(15)27-21-16(20(17)28-22)6-4-9-24-21/h2-10,12-13H,11H2,1H3,(H,24,27)(H,25,26,28). The van der Waals surface area contributed by atoms with Crippen LogP contribution in [0.25, 0.3) is 22.4 Å². The van der Waals surface area contributed by atoms with Gasteiger partial charge in [0.1, 0.15) is 11.6 Å². The van der Waals surface area contributed by atoms with E-state index in [0.29, 0.717) is 12.5 Å². The third kappa shape index (κ3) is 3.12. The fourth-order valence-corrected chi connectivity index (χ4v) is 3.45. The van der Waals surface area contributed by atoms with Crippen LogP contribution in [0.1, 0.15) is 5.56 Å². The van der Waals surface area contributed by atoms with Crippen LogP contribution in [0.3, 0.4) is 0 Å². The van der Waals surface area contributed by atoms with Gasteiger partial charge in [0.15, 0.2) is 0 Å². The van der Waals surface area contributed by atoms with Crippen LogP contribution in [0.4, 0.5) is 17.5 Å². The van der Waals surface area contributed by atoms with E-state index >= 15 is 0 Å². The van der Waals surface area contributed by atoms with Gasteiger partial charge in [-0.15, -0.1) is 0 Å². The lowest BCUT2D eigenvalue weighted by atomic mass is 10.0. The van der Waals surface area contributed by atoms with Crippen LogP contribution in [0.2, 0.25) is 0 Å². The van der Waals surface area contributed by atoms with Gasteiger partial charge >= 0.3 is 0 Å². The molecular weight excluding hydrogens is 364 g/mol. The Morgan fingerprint density at radius 2 is 1.86 bits per heavy atom. The van der Waals surface area contributed by atoms with E-state index in [9.17, 15) is 0 Å². The predicted octanol–water partition coefficient (Wildman–Crippen LogP) is 4.28. The number of aromatic nitrogens is 4. The number of ether oxygens (including phenoxy) is 1. The maximum Gasteiger partial charge on any atom is 0.223 e. The van der Waals surface area contributed by atoms with Gasteiger partial charge in [-0.05, 0) is 24.3 Å². The fraction of sp³-hybridized carbons (Fsp3) is 0.0909. The Morgan fingerprint density at radius 3 is 2.79 bits per heavy atom. The van der Waals surface area contributed by atoms with Gasteiger partial charge in [0, 0.05) is 47.4 Å². The quantitative estimate of drug-likeness (QED) is 0.480. The minimum absolute atomic E-state index is 0.543. The Balaban J connectivity index is 1.56. The van der Waals surface area contributed by atoms with Crippen molar-refractivity contribution in [2.24, 2.45) is 0 Å². The maximum atomic E-state index is 5.42. The van der Waals surface area contributed by atoms with Crippen LogP contribution in [-0.2, 0) is 6.54 Å². The summed E-state index contributed by atoms with van der Waals surface area (Å²) in [5.41, 5.74) is 5.58. The van der Waals surface area contributed by atoms with Gasteiger partial charge in [-0.3, -0.25) is 4.98 Å². The van der Waals surface area contributed by atoms with Crippen LogP contribution < -0.4 is 15.4 Å². The number of pyridine rings is 2. The van der Waals surface area contributed by atoms with Gasteiger partial charge in [-0.2, -0.15) is 0 Å². The molecule has 0 fully saturated rings. The average molecular weight is 382 g/mol. The van der Waals surface area contributed by atoms with Crippen molar-refractivity contribution >= 4 is 17.5 Å². The molecule has 1 aliphatic heterocycles. The summed E-state index contributed by atoms with van der Waals surface area (Å²) < 4.78 is 5.42. The molecule has 3 aromatic heterocycles. The summed E-state index contributed by atoms with van der Waals surface area (Å²) in [6, 6.07) is 13.8. The summed E-state index contributed by atoms with van der Waals surface area (Å²) in [5, 5.41) is 6.67. The highest BCUT2D eigenvalue weighted by Gasteiger charge is 2.22. The minimum Gasteiger partial charge on any atom is -0.496 e. The molecule has 5 rings (SSSR count). The second kappa shape index (κ2) is 7.20. The van der Waals surface area contributed by atoms with Gasteiger partial charge in [-0.1, -0.05) is 18.2 Å². The van der Waals surface area contributed by atoms with E-state index < -0.39 is 0 Å².